The Bertz CT molecular complexity index is 1010. The van der Waals surface area contributed by atoms with Gasteiger partial charge in [-0.3, -0.25) is 9.48 Å². The van der Waals surface area contributed by atoms with Crippen molar-refractivity contribution in [2.75, 3.05) is 17.3 Å². The minimum atomic E-state index is -0.173. The van der Waals surface area contributed by atoms with Crippen LogP contribution in [0.1, 0.15) is 55.8 Å². The summed E-state index contributed by atoms with van der Waals surface area (Å²) < 4.78 is 7.59. The van der Waals surface area contributed by atoms with E-state index >= 15 is 0 Å². The number of nitrogens with zero attached hydrogens (tertiary/aromatic N) is 5. The molecule has 1 saturated carbocycles. The summed E-state index contributed by atoms with van der Waals surface area (Å²) in [5, 5.41) is 8.40. The van der Waals surface area contributed by atoms with Crippen molar-refractivity contribution < 1.29 is 9.21 Å². The average molecular weight is 368 g/mol. The SMILES string of the molecule is Cc1oc2ncnc(NC3(C)CC3)c2c1C(=O)N(C)c1cnn(C(C)C)c1. The van der Waals surface area contributed by atoms with E-state index in [0.29, 0.717) is 28.2 Å². The number of furan rings is 1. The molecule has 0 bridgehead atoms. The molecule has 8 nitrogen and oxygen atoms in total. The smallest absolute Gasteiger partial charge is 0.262 e. The minimum Gasteiger partial charge on any atom is -0.442 e. The van der Waals surface area contributed by atoms with Crippen LogP contribution in [0.2, 0.25) is 0 Å². The van der Waals surface area contributed by atoms with Crippen LogP contribution in [0.5, 0.6) is 0 Å². The second-order valence-corrected chi connectivity index (χ2v) is 7.76. The Hall–Kier alpha value is -2.90. The van der Waals surface area contributed by atoms with Gasteiger partial charge in [-0.1, -0.05) is 0 Å². The lowest BCUT2D eigenvalue weighted by Gasteiger charge is -2.16. The van der Waals surface area contributed by atoms with E-state index in [-0.39, 0.29) is 17.5 Å². The predicted octanol–water partition coefficient (Wildman–Crippen LogP) is 3.55. The zero-order valence-electron chi connectivity index (χ0n) is 16.3. The molecule has 4 rings (SSSR count). The largest absolute Gasteiger partial charge is 0.442 e. The molecule has 0 spiro atoms. The zero-order valence-corrected chi connectivity index (χ0v) is 16.3. The normalized spacial score (nSPS) is 15.3. The van der Waals surface area contributed by atoms with Crippen LogP contribution in [0.4, 0.5) is 11.5 Å². The molecule has 3 heterocycles. The lowest BCUT2D eigenvalue weighted by atomic mass is 10.1. The van der Waals surface area contributed by atoms with Gasteiger partial charge in [0, 0.05) is 24.8 Å². The number of nitrogens with one attached hydrogen (secondary N) is 1. The van der Waals surface area contributed by atoms with E-state index in [9.17, 15) is 4.79 Å². The maximum Gasteiger partial charge on any atom is 0.262 e. The summed E-state index contributed by atoms with van der Waals surface area (Å²) in [4.78, 5) is 23.5. The molecule has 0 saturated heterocycles. The Kier molecular flexibility index (Phi) is 3.94. The molecule has 1 amide bonds. The van der Waals surface area contributed by atoms with Gasteiger partial charge in [0.25, 0.3) is 5.91 Å². The maximum absolute atomic E-state index is 13.3. The topological polar surface area (TPSA) is 89.1 Å². The highest BCUT2D eigenvalue weighted by Crippen LogP contribution is 2.40. The van der Waals surface area contributed by atoms with E-state index in [4.69, 9.17) is 4.42 Å². The molecule has 1 N–H and O–H groups in total. The zero-order chi connectivity index (χ0) is 19.3. The van der Waals surface area contributed by atoms with Crippen molar-refractivity contribution in [3.63, 3.8) is 0 Å². The molecule has 0 unspecified atom stereocenters. The standard InChI is InChI=1S/C19H24N6O2/c1-11(2)25-9-13(8-22-25)24(5)18(26)14-12(3)27-17-15(14)16(20-10-21-17)23-19(4)6-7-19/h8-11H,6-7H2,1-5H3,(H,20,21,23). The number of hydrogen-bond acceptors (Lipinski definition) is 6. The molecular formula is C19H24N6O2. The molecule has 3 aromatic heterocycles. The van der Waals surface area contributed by atoms with Crippen molar-refractivity contribution >= 4 is 28.5 Å². The lowest BCUT2D eigenvalue weighted by molar-refractivity contribution is 0.0993. The summed E-state index contributed by atoms with van der Waals surface area (Å²) in [5.41, 5.74) is 1.65. The molecule has 1 fully saturated rings. The lowest BCUT2D eigenvalue weighted by Crippen LogP contribution is -2.26. The molecule has 0 aliphatic heterocycles. The van der Waals surface area contributed by atoms with Crippen LogP contribution in [0.25, 0.3) is 11.1 Å². The van der Waals surface area contributed by atoms with Crippen LogP contribution in [0.15, 0.2) is 23.1 Å². The number of fused-ring (bicyclic) bond motifs is 1. The highest BCUT2D eigenvalue weighted by molar-refractivity contribution is 6.16. The number of aromatic nitrogens is 4. The summed E-state index contributed by atoms with van der Waals surface area (Å²) >= 11 is 0. The molecule has 0 atom stereocenters. The second kappa shape index (κ2) is 6.07. The van der Waals surface area contributed by atoms with E-state index in [2.05, 4.69) is 27.3 Å². The first-order chi connectivity index (χ1) is 12.8. The summed E-state index contributed by atoms with van der Waals surface area (Å²) in [6, 6.07) is 0.224. The fourth-order valence-corrected chi connectivity index (χ4v) is 3.06. The van der Waals surface area contributed by atoms with E-state index in [1.54, 1.807) is 25.1 Å². The summed E-state index contributed by atoms with van der Waals surface area (Å²) in [6.45, 7) is 8.00. The van der Waals surface area contributed by atoms with Crippen LogP contribution in [0, 0.1) is 6.92 Å². The number of carbonyl (C=O) groups excluding carboxylic acids is 1. The maximum atomic E-state index is 13.3. The van der Waals surface area contributed by atoms with Gasteiger partial charge >= 0.3 is 0 Å². The molecular weight excluding hydrogens is 344 g/mol. The van der Waals surface area contributed by atoms with Gasteiger partial charge < -0.3 is 14.6 Å². The summed E-state index contributed by atoms with van der Waals surface area (Å²) in [5.74, 6) is 1.00. The molecule has 27 heavy (non-hydrogen) atoms. The van der Waals surface area contributed by atoms with E-state index in [1.165, 1.54) is 6.33 Å². The Morgan fingerprint density at radius 1 is 1.37 bits per heavy atom. The van der Waals surface area contributed by atoms with Crippen LogP contribution >= 0.6 is 0 Å². The Balaban J connectivity index is 1.75. The van der Waals surface area contributed by atoms with Crippen LogP contribution in [-0.2, 0) is 0 Å². The molecule has 0 radical (unpaired) electrons. The molecule has 1 aliphatic carbocycles. The number of rotatable bonds is 5. The van der Waals surface area contributed by atoms with Gasteiger partial charge in [-0.2, -0.15) is 5.10 Å². The minimum absolute atomic E-state index is 0.0249. The third-order valence-electron chi connectivity index (χ3n) is 5.11. The molecule has 8 heteroatoms. The molecule has 3 aromatic rings. The van der Waals surface area contributed by atoms with Gasteiger partial charge in [0.05, 0.1) is 22.8 Å². The summed E-state index contributed by atoms with van der Waals surface area (Å²) in [6.07, 6.45) is 7.17. The van der Waals surface area contributed by atoms with Gasteiger partial charge in [0.1, 0.15) is 17.9 Å². The Morgan fingerprint density at radius 3 is 2.74 bits per heavy atom. The van der Waals surface area contributed by atoms with Gasteiger partial charge in [-0.15, -0.1) is 0 Å². The Morgan fingerprint density at radius 2 is 2.11 bits per heavy atom. The van der Waals surface area contributed by atoms with Crippen LogP contribution in [-0.4, -0.2) is 38.2 Å². The number of anilines is 2. The average Bonchev–Trinajstić information content (AvgIpc) is 3.05. The van der Waals surface area contributed by atoms with Crippen molar-refractivity contribution in [2.24, 2.45) is 0 Å². The first-order valence-electron chi connectivity index (χ1n) is 9.13. The number of aryl methyl sites for hydroxylation is 1. The van der Waals surface area contributed by atoms with Crippen molar-refractivity contribution in [3.8, 4) is 0 Å². The fourth-order valence-electron chi connectivity index (χ4n) is 3.06. The van der Waals surface area contributed by atoms with Gasteiger partial charge in [0.15, 0.2) is 0 Å². The fraction of sp³-hybridized carbons (Fsp3) is 0.474. The van der Waals surface area contributed by atoms with Crippen molar-refractivity contribution in [2.45, 2.75) is 52.1 Å². The van der Waals surface area contributed by atoms with Crippen LogP contribution < -0.4 is 10.2 Å². The van der Waals surface area contributed by atoms with Gasteiger partial charge in [-0.05, 0) is 40.5 Å². The quantitative estimate of drug-likeness (QED) is 0.741. The van der Waals surface area contributed by atoms with E-state index in [1.807, 2.05) is 24.7 Å². The third-order valence-corrected chi connectivity index (χ3v) is 5.11. The number of amides is 1. The van der Waals surface area contributed by atoms with Gasteiger partial charge in [0.2, 0.25) is 5.71 Å². The highest BCUT2D eigenvalue weighted by Gasteiger charge is 2.38. The van der Waals surface area contributed by atoms with Gasteiger partial charge in [-0.25, -0.2) is 9.97 Å². The highest BCUT2D eigenvalue weighted by atomic mass is 16.3. The van der Waals surface area contributed by atoms with Crippen molar-refractivity contribution in [1.82, 2.24) is 19.7 Å². The van der Waals surface area contributed by atoms with Crippen LogP contribution in [0.3, 0.4) is 0 Å². The number of hydrogen-bond donors (Lipinski definition) is 1. The first-order valence-corrected chi connectivity index (χ1v) is 9.13. The Labute approximate surface area is 157 Å². The predicted molar refractivity (Wildman–Crippen MR) is 103 cm³/mol. The first kappa shape index (κ1) is 17.5. The van der Waals surface area contributed by atoms with Crippen molar-refractivity contribution in [1.29, 1.82) is 0 Å². The van der Waals surface area contributed by atoms with Crippen molar-refractivity contribution in [3.05, 3.63) is 30.0 Å². The molecule has 142 valence electrons. The monoisotopic (exact) mass is 368 g/mol. The number of carbonyl (C=O) groups is 1. The summed E-state index contributed by atoms with van der Waals surface area (Å²) in [7, 11) is 1.74. The molecule has 1 aliphatic rings. The molecule has 0 aromatic carbocycles. The van der Waals surface area contributed by atoms with E-state index in [0.717, 1.165) is 18.5 Å². The third kappa shape index (κ3) is 3.05. The second-order valence-electron chi connectivity index (χ2n) is 7.76. The van der Waals surface area contributed by atoms with E-state index < -0.39 is 0 Å².